The maximum absolute atomic E-state index is 13.1. The third kappa shape index (κ3) is 2.90. The van der Waals surface area contributed by atoms with Crippen molar-refractivity contribution >= 4 is 5.91 Å². The number of fused-ring (bicyclic) bond motifs is 1. The summed E-state index contributed by atoms with van der Waals surface area (Å²) < 4.78 is 10.5. The molecule has 3 aromatic rings. The predicted octanol–water partition coefficient (Wildman–Crippen LogP) is 2.98. The second kappa shape index (κ2) is 7.36. The molecule has 0 aliphatic carbocycles. The lowest BCUT2D eigenvalue weighted by atomic mass is 9.95. The maximum Gasteiger partial charge on any atom is 0.273 e. The Labute approximate surface area is 162 Å². The molecule has 144 valence electrons. The third-order valence-corrected chi connectivity index (χ3v) is 4.99. The summed E-state index contributed by atoms with van der Waals surface area (Å²) in [4.78, 5) is 14.8. The number of carbonyl (C=O) groups is 1. The monoisotopic (exact) mass is 379 g/mol. The number of para-hydroxylation sites is 1. The van der Waals surface area contributed by atoms with Crippen LogP contribution in [0.3, 0.4) is 0 Å². The van der Waals surface area contributed by atoms with E-state index in [2.05, 4.69) is 10.2 Å². The van der Waals surface area contributed by atoms with E-state index in [0.717, 1.165) is 16.9 Å². The van der Waals surface area contributed by atoms with Gasteiger partial charge in [0.25, 0.3) is 5.91 Å². The van der Waals surface area contributed by atoms with Crippen molar-refractivity contribution in [3.05, 3.63) is 65.4 Å². The number of benzene rings is 2. The van der Waals surface area contributed by atoms with Gasteiger partial charge in [0.05, 0.1) is 19.8 Å². The number of methoxy groups -OCH3 is 2. The number of nitrogens with one attached hydrogen (secondary N) is 1. The molecule has 0 fully saturated rings. The number of rotatable bonds is 6. The number of carbonyl (C=O) groups excluding carboxylic acids is 1. The van der Waals surface area contributed by atoms with Crippen molar-refractivity contribution in [1.82, 2.24) is 15.1 Å². The highest BCUT2D eigenvalue weighted by molar-refractivity contribution is 6.00. The van der Waals surface area contributed by atoms with Gasteiger partial charge in [-0.15, -0.1) is 0 Å². The number of hydrogen-bond acceptors (Lipinski definition) is 5. The fraction of sp³-hybridized carbons (Fsp3) is 0.238. The summed E-state index contributed by atoms with van der Waals surface area (Å²) in [5, 5.41) is 17.6. The van der Waals surface area contributed by atoms with Crippen LogP contribution in [0, 0.1) is 0 Å². The Balaban J connectivity index is 1.86. The smallest absolute Gasteiger partial charge is 0.273 e. The largest absolute Gasteiger partial charge is 0.507 e. The highest BCUT2D eigenvalue weighted by atomic mass is 16.5. The van der Waals surface area contributed by atoms with Crippen molar-refractivity contribution in [3.63, 3.8) is 0 Å². The van der Waals surface area contributed by atoms with Gasteiger partial charge in [0.2, 0.25) is 0 Å². The molecule has 4 rings (SSSR count). The predicted molar refractivity (Wildman–Crippen MR) is 103 cm³/mol. The minimum absolute atomic E-state index is 0.119. The summed E-state index contributed by atoms with van der Waals surface area (Å²) in [6.45, 7) is 0.858. The van der Waals surface area contributed by atoms with Crippen LogP contribution in [0.1, 0.15) is 27.7 Å². The molecule has 1 aliphatic rings. The molecule has 0 unspecified atom stereocenters. The van der Waals surface area contributed by atoms with Crippen LogP contribution in [0.5, 0.6) is 11.5 Å². The zero-order valence-electron chi connectivity index (χ0n) is 15.7. The van der Waals surface area contributed by atoms with E-state index >= 15 is 0 Å². The summed E-state index contributed by atoms with van der Waals surface area (Å²) in [6, 6.07) is 14.3. The second-order valence-corrected chi connectivity index (χ2v) is 6.55. The molecule has 2 N–H and O–H groups in total. The van der Waals surface area contributed by atoms with Crippen LogP contribution < -0.4 is 4.74 Å². The molecule has 1 atom stereocenters. The van der Waals surface area contributed by atoms with Crippen molar-refractivity contribution in [2.45, 2.75) is 6.04 Å². The molecule has 7 heteroatoms. The molecule has 0 bridgehead atoms. The van der Waals surface area contributed by atoms with Gasteiger partial charge >= 0.3 is 0 Å². The number of aromatic nitrogens is 2. The average molecular weight is 379 g/mol. The van der Waals surface area contributed by atoms with Crippen LogP contribution in [0.2, 0.25) is 0 Å². The molecule has 2 heterocycles. The van der Waals surface area contributed by atoms with Crippen LogP contribution in [0.25, 0.3) is 11.3 Å². The summed E-state index contributed by atoms with van der Waals surface area (Å²) in [5.41, 5.74) is 3.28. The lowest BCUT2D eigenvalue weighted by Crippen LogP contribution is -2.32. The van der Waals surface area contributed by atoms with Gasteiger partial charge in [-0.25, -0.2) is 0 Å². The Morgan fingerprint density at radius 2 is 1.89 bits per heavy atom. The van der Waals surface area contributed by atoms with Gasteiger partial charge in [-0.05, 0) is 29.8 Å². The topological polar surface area (TPSA) is 87.7 Å². The summed E-state index contributed by atoms with van der Waals surface area (Å²) in [6.07, 6.45) is 0. The number of aromatic hydroxyl groups is 1. The number of phenols is 1. The van der Waals surface area contributed by atoms with Crippen molar-refractivity contribution in [1.29, 1.82) is 0 Å². The highest BCUT2D eigenvalue weighted by Crippen LogP contribution is 2.44. The number of H-pyrrole nitrogens is 1. The molecule has 1 aromatic heterocycles. The molecule has 1 amide bonds. The van der Waals surface area contributed by atoms with Gasteiger partial charge in [0, 0.05) is 24.8 Å². The van der Waals surface area contributed by atoms with Gasteiger partial charge < -0.3 is 19.5 Å². The van der Waals surface area contributed by atoms with Crippen LogP contribution in [0.4, 0.5) is 0 Å². The van der Waals surface area contributed by atoms with E-state index in [1.807, 2.05) is 30.3 Å². The summed E-state index contributed by atoms with van der Waals surface area (Å²) in [5.74, 6) is 0.722. The minimum atomic E-state index is -0.336. The first-order valence-electron chi connectivity index (χ1n) is 8.96. The Morgan fingerprint density at radius 3 is 2.57 bits per heavy atom. The SMILES string of the molecule is COCCN1C(=O)c2[nH]nc(-c3ccccc3O)c2[C@@H]1c1ccc(OC)cc1. The number of ether oxygens (including phenoxy) is 2. The molecule has 1 aliphatic heterocycles. The standard InChI is InChI=1S/C21H21N3O4/c1-27-12-11-24-20(13-7-9-14(28-2)10-8-13)17-18(22-23-19(17)21(24)26)15-5-3-4-6-16(15)25/h3-10,20,25H,11-12H2,1-2H3,(H,22,23)/t20-/m0/s1. The van der Waals surface area contributed by atoms with E-state index in [9.17, 15) is 9.90 Å². The number of hydrogen-bond donors (Lipinski definition) is 2. The minimum Gasteiger partial charge on any atom is -0.507 e. The first-order chi connectivity index (χ1) is 13.7. The van der Waals surface area contributed by atoms with Crippen molar-refractivity contribution < 1.29 is 19.4 Å². The summed E-state index contributed by atoms with van der Waals surface area (Å²) >= 11 is 0. The quantitative estimate of drug-likeness (QED) is 0.687. The average Bonchev–Trinajstić information content (AvgIpc) is 3.26. The third-order valence-electron chi connectivity index (χ3n) is 4.99. The number of phenolic OH excluding ortho intramolecular Hbond substituents is 1. The van der Waals surface area contributed by atoms with Gasteiger partial charge in [0.15, 0.2) is 0 Å². The number of aromatic amines is 1. The fourth-order valence-corrected chi connectivity index (χ4v) is 3.63. The summed E-state index contributed by atoms with van der Waals surface area (Å²) in [7, 11) is 3.22. The lowest BCUT2D eigenvalue weighted by Gasteiger charge is -2.26. The van der Waals surface area contributed by atoms with E-state index in [0.29, 0.717) is 30.1 Å². The fourth-order valence-electron chi connectivity index (χ4n) is 3.63. The van der Waals surface area contributed by atoms with E-state index in [1.54, 1.807) is 37.3 Å². The Hall–Kier alpha value is -3.32. The zero-order chi connectivity index (χ0) is 19.7. The van der Waals surface area contributed by atoms with Crippen molar-refractivity contribution in [2.24, 2.45) is 0 Å². The van der Waals surface area contributed by atoms with Crippen LogP contribution in [-0.4, -0.2) is 53.5 Å². The Kier molecular flexibility index (Phi) is 4.75. The maximum atomic E-state index is 13.1. The molecule has 2 aromatic carbocycles. The van der Waals surface area contributed by atoms with E-state index in [4.69, 9.17) is 9.47 Å². The van der Waals surface area contributed by atoms with Crippen molar-refractivity contribution in [3.8, 4) is 22.8 Å². The Bertz CT molecular complexity index is 997. The Morgan fingerprint density at radius 1 is 1.14 bits per heavy atom. The highest BCUT2D eigenvalue weighted by Gasteiger charge is 2.42. The van der Waals surface area contributed by atoms with Crippen LogP contribution in [0.15, 0.2) is 48.5 Å². The molecule has 7 nitrogen and oxygen atoms in total. The van der Waals surface area contributed by atoms with Gasteiger partial charge in [-0.1, -0.05) is 24.3 Å². The molecule has 0 spiro atoms. The van der Waals surface area contributed by atoms with Crippen LogP contribution >= 0.6 is 0 Å². The van der Waals surface area contributed by atoms with Gasteiger partial charge in [0.1, 0.15) is 22.9 Å². The number of amides is 1. The molecule has 0 saturated carbocycles. The van der Waals surface area contributed by atoms with Gasteiger partial charge in [-0.3, -0.25) is 9.89 Å². The molecule has 28 heavy (non-hydrogen) atoms. The van der Waals surface area contributed by atoms with Crippen LogP contribution in [-0.2, 0) is 4.74 Å². The second-order valence-electron chi connectivity index (χ2n) is 6.55. The van der Waals surface area contributed by atoms with E-state index in [-0.39, 0.29) is 17.7 Å². The first-order valence-corrected chi connectivity index (χ1v) is 8.96. The molecule has 0 radical (unpaired) electrons. The number of nitrogens with zero attached hydrogens (tertiary/aromatic N) is 2. The normalized spacial score (nSPS) is 15.7. The van der Waals surface area contributed by atoms with Crippen molar-refractivity contribution in [2.75, 3.05) is 27.4 Å². The lowest BCUT2D eigenvalue weighted by molar-refractivity contribution is 0.0677. The van der Waals surface area contributed by atoms with E-state index < -0.39 is 0 Å². The molecular formula is C21H21N3O4. The van der Waals surface area contributed by atoms with Gasteiger partial charge in [-0.2, -0.15) is 5.10 Å². The first kappa shape index (κ1) is 18.1. The van der Waals surface area contributed by atoms with E-state index in [1.165, 1.54) is 0 Å². The zero-order valence-corrected chi connectivity index (χ0v) is 15.7. The molecular weight excluding hydrogens is 358 g/mol. The molecule has 0 saturated heterocycles.